The molecular formula is C28H32Cl2Zr-2. The van der Waals surface area contributed by atoms with Crippen LogP contribution in [0.25, 0.3) is 10.8 Å². The first-order chi connectivity index (χ1) is 13.9. The number of fused-ring (bicyclic) bond motifs is 1. The average Bonchev–Trinajstić information content (AvgIpc) is 3.39. The molecule has 0 N–H and O–H groups in total. The smallest absolute Gasteiger partial charge is 0.0809 e. The summed E-state index contributed by atoms with van der Waals surface area (Å²) in [5.41, 5.74) is 4.40. The van der Waals surface area contributed by atoms with Crippen molar-refractivity contribution in [2.75, 3.05) is 0 Å². The van der Waals surface area contributed by atoms with Crippen LogP contribution in [0.2, 0.25) is 0 Å². The normalized spacial score (nSPS) is 9.71. The van der Waals surface area contributed by atoms with Crippen LogP contribution in [0.3, 0.4) is 0 Å². The van der Waals surface area contributed by atoms with E-state index in [9.17, 15) is 0 Å². The van der Waals surface area contributed by atoms with E-state index in [1.54, 1.807) is 0 Å². The maximum atomic E-state index is 2.25. The van der Waals surface area contributed by atoms with Crippen molar-refractivity contribution >= 4 is 14.0 Å². The van der Waals surface area contributed by atoms with Gasteiger partial charge in [0.25, 0.3) is 0 Å². The molecule has 4 aromatic carbocycles. The molecule has 0 amide bonds. The fourth-order valence-corrected chi connectivity index (χ4v) is 3.67. The Morgan fingerprint density at radius 1 is 0.742 bits per heavy atom. The van der Waals surface area contributed by atoms with Gasteiger partial charge in [0.2, 0.25) is 0 Å². The van der Waals surface area contributed by atoms with Crippen molar-refractivity contribution in [1.82, 2.24) is 0 Å². The molecule has 0 aliphatic carbocycles. The standard InChI is InChI=1S/C11H17.C9H7.C8H8.2ClH.Zr/c1-8(2)10-6-5-7-11(10)9(3)4;1-2-5-9-7-3-6-8(9)4-1;1-2-8-6-4-3-5-7-8;;;/h5-9H,1-4H3;1-7H;3-7H,1H3;2*1H;/q2*-1;;;;+2/p-2. The molecule has 0 aliphatic rings. The van der Waals surface area contributed by atoms with Crippen molar-refractivity contribution in [3.63, 3.8) is 0 Å². The van der Waals surface area contributed by atoms with Gasteiger partial charge < -0.3 is 24.8 Å². The van der Waals surface area contributed by atoms with Gasteiger partial charge in [-0.1, -0.05) is 45.6 Å². The van der Waals surface area contributed by atoms with Gasteiger partial charge >= 0.3 is 70.3 Å². The van der Waals surface area contributed by atoms with E-state index in [1.807, 2.05) is 6.07 Å². The molecule has 4 rings (SSSR count). The van der Waals surface area contributed by atoms with Crippen LogP contribution in [0, 0.1) is 0 Å². The zero-order valence-corrected chi connectivity index (χ0v) is 23.0. The number of benzene rings is 2. The molecule has 31 heavy (non-hydrogen) atoms. The van der Waals surface area contributed by atoms with Gasteiger partial charge in [-0.05, 0) is 0 Å². The molecule has 0 spiro atoms. The van der Waals surface area contributed by atoms with Gasteiger partial charge in [-0.3, -0.25) is 0 Å². The molecule has 164 valence electrons. The average molecular weight is 531 g/mol. The summed E-state index contributed by atoms with van der Waals surface area (Å²) in [5, 5.41) is 2.66. The van der Waals surface area contributed by atoms with Crippen LogP contribution >= 0.6 is 0 Å². The van der Waals surface area contributed by atoms with Crippen molar-refractivity contribution in [2.24, 2.45) is 0 Å². The Morgan fingerprint density at radius 2 is 1.26 bits per heavy atom. The van der Waals surface area contributed by atoms with E-state index in [1.165, 1.54) is 54.9 Å². The first-order valence-electron chi connectivity index (χ1n) is 10.4. The summed E-state index contributed by atoms with van der Waals surface area (Å²) in [4.78, 5) is 0. The van der Waals surface area contributed by atoms with Gasteiger partial charge in [0, 0.05) is 0 Å². The summed E-state index contributed by atoms with van der Waals surface area (Å²) >= 11 is 1.51. The second-order valence-electron chi connectivity index (χ2n) is 7.89. The van der Waals surface area contributed by atoms with Gasteiger partial charge in [-0.2, -0.15) is 46.8 Å². The molecule has 0 bridgehead atoms. The van der Waals surface area contributed by atoms with Gasteiger partial charge in [0.05, 0.1) is 0 Å². The van der Waals surface area contributed by atoms with Crippen LogP contribution in [-0.2, 0) is 24.2 Å². The van der Waals surface area contributed by atoms with Gasteiger partial charge in [0.15, 0.2) is 0 Å². The molecule has 0 saturated carbocycles. The van der Waals surface area contributed by atoms with E-state index < -0.39 is 0 Å². The SMILES string of the molecule is CC(C)c1c[cH-]cc1C(C)C.C[C](=[Zr+2])c1ccccc1.[Cl-].[Cl-].c1ccc2[cH-]ccc2c1. The summed E-state index contributed by atoms with van der Waals surface area (Å²) in [5.74, 6) is 1.34. The van der Waals surface area contributed by atoms with Crippen LogP contribution < -0.4 is 24.8 Å². The molecule has 0 heterocycles. The van der Waals surface area contributed by atoms with Crippen LogP contribution in [0.5, 0.6) is 0 Å². The third kappa shape index (κ3) is 9.82. The van der Waals surface area contributed by atoms with Gasteiger partial charge in [-0.25, -0.2) is 0 Å². The van der Waals surface area contributed by atoms with Crippen molar-refractivity contribution in [3.05, 3.63) is 108 Å². The van der Waals surface area contributed by atoms with E-state index >= 15 is 0 Å². The monoisotopic (exact) mass is 528 g/mol. The van der Waals surface area contributed by atoms with Crippen molar-refractivity contribution < 1.29 is 49.0 Å². The molecular weight excluding hydrogens is 498 g/mol. The fraction of sp³-hybridized carbons (Fsp3) is 0.250. The van der Waals surface area contributed by atoms with Crippen LogP contribution in [0.1, 0.15) is 63.1 Å². The minimum Gasteiger partial charge on any atom is -1.00 e. The van der Waals surface area contributed by atoms with Gasteiger partial charge in [0.1, 0.15) is 0 Å². The van der Waals surface area contributed by atoms with Crippen molar-refractivity contribution in [2.45, 2.75) is 46.5 Å². The van der Waals surface area contributed by atoms with Crippen molar-refractivity contribution in [3.8, 4) is 0 Å². The Morgan fingerprint density at radius 3 is 1.71 bits per heavy atom. The third-order valence-corrected chi connectivity index (χ3v) is 5.59. The first-order valence-corrected chi connectivity index (χ1v) is 11.6. The minimum absolute atomic E-state index is 0. The Bertz CT molecular complexity index is 941. The maximum absolute atomic E-state index is 2.25. The molecule has 0 fully saturated rings. The Hall–Kier alpha value is -1.27. The van der Waals surface area contributed by atoms with Crippen LogP contribution in [0.4, 0.5) is 0 Å². The second kappa shape index (κ2) is 15.5. The molecule has 3 heteroatoms. The van der Waals surface area contributed by atoms with Crippen LogP contribution in [-0.4, -0.2) is 3.21 Å². The number of hydrogen-bond acceptors (Lipinski definition) is 0. The topological polar surface area (TPSA) is 0 Å². The fourth-order valence-electron chi connectivity index (χ4n) is 3.26. The molecule has 0 saturated heterocycles. The predicted molar refractivity (Wildman–Crippen MR) is 126 cm³/mol. The molecule has 0 atom stereocenters. The van der Waals surface area contributed by atoms with E-state index in [0.717, 1.165) is 0 Å². The zero-order chi connectivity index (χ0) is 21.2. The number of halogens is 2. The van der Waals surface area contributed by atoms with E-state index in [0.29, 0.717) is 11.8 Å². The third-order valence-electron chi connectivity index (χ3n) is 4.88. The molecule has 0 unspecified atom stereocenters. The van der Waals surface area contributed by atoms with Crippen molar-refractivity contribution in [1.29, 1.82) is 0 Å². The maximum Gasteiger partial charge on any atom is -0.0809 e. The van der Waals surface area contributed by atoms with E-state index in [2.05, 4.69) is 120 Å². The molecule has 0 radical (unpaired) electrons. The summed E-state index contributed by atoms with van der Waals surface area (Å²) in [6.45, 7) is 11.2. The summed E-state index contributed by atoms with van der Waals surface area (Å²) < 4.78 is 1.46. The number of hydrogen-bond donors (Lipinski definition) is 0. The van der Waals surface area contributed by atoms with Crippen LogP contribution in [0.15, 0.2) is 91.0 Å². The molecule has 0 aliphatic heterocycles. The molecule has 0 nitrogen and oxygen atoms in total. The predicted octanol–water partition coefficient (Wildman–Crippen LogP) is 1.99. The Balaban J connectivity index is 0.000000424. The van der Waals surface area contributed by atoms with E-state index in [4.69, 9.17) is 0 Å². The van der Waals surface area contributed by atoms with Gasteiger partial charge in [-0.15, -0.1) is 29.7 Å². The summed E-state index contributed by atoms with van der Waals surface area (Å²) in [6.07, 6.45) is 0. The van der Waals surface area contributed by atoms with E-state index in [-0.39, 0.29) is 24.8 Å². The Kier molecular flexibility index (Phi) is 14.9. The molecule has 4 aromatic rings. The number of rotatable bonds is 3. The quantitative estimate of drug-likeness (QED) is 0.356. The Labute approximate surface area is 216 Å². The first kappa shape index (κ1) is 29.7. The summed E-state index contributed by atoms with van der Waals surface area (Å²) in [7, 11) is 0. The zero-order valence-electron chi connectivity index (χ0n) is 19.1. The largest absolute Gasteiger partial charge is 1.00 e. The second-order valence-corrected chi connectivity index (χ2v) is 9.74. The minimum atomic E-state index is 0. The molecule has 0 aromatic heterocycles. The summed E-state index contributed by atoms with van der Waals surface area (Å²) in [6, 6.07) is 31.8.